The Labute approximate surface area is 188 Å². The van der Waals surface area contributed by atoms with E-state index < -0.39 is 29.1 Å². The van der Waals surface area contributed by atoms with Gasteiger partial charge in [0.2, 0.25) is 17.7 Å². The molecule has 0 aliphatic carbocycles. The second-order valence-corrected chi connectivity index (χ2v) is 9.71. The second kappa shape index (κ2) is 8.48. The molecule has 174 valence electrons. The molecule has 8 heteroatoms. The van der Waals surface area contributed by atoms with Gasteiger partial charge in [-0.05, 0) is 58.6 Å². The summed E-state index contributed by atoms with van der Waals surface area (Å²) in [5, 5.41) is 15.1. The molecule has 1 aromatic rings. The van der Waals surface area contributed by atoms with Gasteiger partial charge < -0.3 is 25.4 Å². The minimum absolute atomic E-state index is 0.0239. The van der Waals surface area contributed by atoms with Gasteiger partial charge in [-0.1, -0.05) is 18.2 Å². The van der Waals surface area contributed by atoms with Crippen molar-refractivity contribution in [3.8, 4) is 0 Å². The summed E-state index contributed by atoms with van der Waals surface area (Å²) in [6, 6.07) is 8.30. The third kappa shape index (κ3) is 3.59. The molecule has 3 saturated heterocycles. The molecule has 1 aromatic carbocycles. The number of ether oxygens (including phenoxy) is 1. The molecule has 3 aliphatic heterocycles. The standard InChI is InChI=1S/C24H33N3O5/c1-15(2)25-21(30)19-24-12-11-23(3,32-24)17(20(29)26-16-9-5-4-6-10-16)18(24)22(31)27(19)13-7-8-14-28/h4-6,9-10,15,17-19,28H,7-8,11-14H2,1-3H3,(H,25,30)(H,26,29)/t17-,18-,19?,23+,24?/m0/s1. The van der Waals surface area contributed by atoms with E-state index in [4.69, 9.17) is 4.74 Å². The molecule has 0 radical (unpaired) electrons. The number of aliphatic hydroxyl groups is 1. The van der Waals surface area contributed by atoms with Gasteiger partial charge in [-0.25, -0.2) is 0 Å². The zero-order valence-electron chi connectivity index (χ0n) is 19.0. The van der Waals surface area contributed by atoms with E-state index in [2.05, 4.69) is 10.6 Å². The Balaban J connectivity index is 1.68. The first kappa shape index (κ1) is 22.7. The molecular weight excluding hydrogens is 410 g/mol. The van der Waals surface area contributed by atoms with Crippen molar-refractivity contribution in [1.29, 1.82) is 0 Å². The summed E-state index contributed by atoms with van der Waals surface area (Å²) in [4.78, 5) is 42.0. The Bertz CT molecular complexity index is 891. The van der Waals surface area contributed by atoms with Crippen molar-refractivity contribution in [3.05, 3.63) is 30.3 Å². The van der Waals surface area contributed by atoms with Crippen LogP contribution in [0.2, 0.25) is 0 Å². The molecule has 2 unspecified atom stereocenters. The van der Waals surface area contributed by atoms with Crippen LogP contribution in [-0.2, 0) is 19.1 Å². The molecule has 3 heterocycles. The Morgan fingerprint density at radius 3 is 2.56 bits per heavy atom. The highest BCUT2D eigenvalue weighted by molar-refractivity contribution is 6.02. The highest BCUT2D eigenvalue weighted by Gasteiger charge is 2.77. The van der Waals surface area contributed by atoms with E-state index >= 15 is 0 Å². The second-order valence-electron chi connectivity index (χ2n) is 9.71. The molecule has 0 saturated carbocycles. The number of amides is 3. The number of aliphatic hydroxyl groups excluding tert-OH is 1. The number of likely N-dealkylation sites (tertiary alicyclic amines) is 1. The average molecular weight is 444 g/mol. The maximum Gasteiger partial charge on any atom is 0.246 e. The summed E-state index contributed by atoms with van der Waals surface area (Å²) in [6.45, 7) is 6.02. The summed E-state index contributed by atoms with van der Waals surface area (Å²) in [5.74, 6) is -2.08. The predicted octanol–water partition coefficient (Wildman–Crippen LogP) is 1.69. The van der Waals surface area contributed by atoms with Crippen LogP contribution < -0.4 is 10.6 Å². The third-order valence-corrected chi connectivity index (χ3v) is 7.09. The van der Waals surface area contributed by atoms with Crippen molar-refractivity contribution in [2.45, 2.75) is 69.7 Å². The predicted molar refractivity (Wildman–Crippen MR) is 119 cm³/mol. The van der Waals surface area contributed by atoms with Crippen LogP contribution in [0.1, 0.15) is 46.5 Å². The minimum atomic E-state index is -1.01. The first-order chi connectivity index (χ1) is 15.2. The Kier molecular flexibility index (Phi) is 6.02. The van der Waals surface area contributed by atoms with E-state index in [0.29, 0.717) is 37.9 Å². The lowest BCUT2D eigenvalue weighted by Crippen LogP contribution is -2.56. The summed E-state index contributed by atoms with van der Waals surface area (Å²) in [7, 11) is 0. The van der Waals surface area contributed by atoms with Crippen LogP contribution in [0.15, 0.2) is 30.3 Å². The van der Waals surface area contributed by atoms with E-state index in [1.165, 1.54) is 0 Å². The van der Waals surface area contributed by atoms with Crippen molar-refractivity contribution < 1.29 is 24.2 Å². The molecule has 3 aliphatic rings. The van der Waals surface area contributed by atoms with Gasteiger partial charge in [0.05, 0.1) is 17.4 Å². The fourth-order valence-corrected chi connectivity index (χ4v) is 5.87. The summed E-state index contributed by atoms with van der Waals surface area (Å²) in [6.07, 6.45) is 2.28. The van der Waals surface area contributed by atoms with Crippen LogP contribution in [0.3, 0.4) is 0 Å². The van der Waals surface area contributed by atoms with Gasteiger partial charge in [-0.3, -0.25) is 14.4 Å². The number of para-hydroxylation sites is 1. The van der Waals surface area contributed by atoms with E-state index in [1.54, 1.807) is 17.0 Å². The topological polar surface area (TPSA) is 108 Å². The number of rotatable bonds is 8. The molecule has 5 atom stereocenters. The Hall–Kier alpha value is -2.45. The zero-order chi connectivity index (χ0) is 23.1. The number of unbranched alkanes of at least 4 members (excludes halogenated alkanes) is 1. The smallest absolute Gasteiger partial charge is 0.246 e. The van der Waals surface area contributed by atoms with E-state index in [1.807, 2.05) is 39.0 Å². The molecule has 3 N–H and O–H groups in total. The Morgan fingerprint density at radius 2 is 1.91 bits per heavy atom. The molecule has 3 amide bonds. The van der Waals surface area contributed by atoms with Gasteiger partial charge in [0.1, 0.15) is 11.6 Å². The summed E-state index contributed by atoms with van der Waals surface area (Å²) >= 11 is 0. The first-order valence-corrected chi connectivity index (χ1v) is 11.5. The maximum atomic E-state index is 13.7. The van der Waals surface area contributed by atoms with E-state index in [0.717, 1.165) is 0 Å². The third-order valence-electron chi connectivity index (χ3n) is 7.09. The average Bonchev–Trinajstić information content (AvgIpc) is 3.29. The van der Waals surface area contributed by atoms with Gasteiger partial charge in [0, 0.05) is 24.9 Å². The van der Waals surface area contributed by atoms with Crippen LogP contribution in [-0.4, -0.2) is 64.2 Å². The SMILES string of the molecule is CC(C)NC(=O)C1N(CCCCO)C(=O)[C@@H]2[C@@H](C(=O)Nc3ccccc3)[C@@]3(C)CCC12O3. The molecule has 4 rings (SSSR count). The number of hydrogen-bond acceptors (Lipinski definition) is 5. The number of hydrogen-bond donors (Lipinski definition) is 3. The van der Waals surface area contributed by atoms with Crippen LogP contribution in [0.4, 0.5) is 5.69 Å². The lowest BCUT2D eigenvalue weighted by Gasteiger charge is -2.34. The van der Waals surface area contributed by atoms with Gasteiger partial charge in [-0.15, -0.1) is 0 Å². The van der Waals surface area contributed by atoms with Gasteiger partial charge >= 0.3 is 0 Å². The number of anilines is 1. The number of carbonyl (C=O) groups excluding carboxylic acids is 3. The molecule has 1 spiro atoms. The highest BCUT2D eigenvalue weighted by Crippen LogP contribution is 2.63. The summed E-state index contributed by atoms with van der Waals surface area (Å²) < 4.78 is 6.53. The van der Waals surface area contributed by atoms with Crippen molar-refractivity contribution in [2.75, 3.05) is 18.5 Å². The highest BCUT2D eigenvalue weighted by atomic mass is 16.5. The number of carbonyl (C=O) groups is 3. The van der Waals surface area contributed by atoms with Gasteiger partial charge in [-0.2, -0.15) is 0 Å². The normalized spacial score (nSPS) is 33.0. The first-order valence-electron chi connectivity index (χ1n) is 11.5. The Morgan fingerprint density at radius 1 is 1.19 bits per heavy atom. The number of nitrogens with one attached hydrogen (secondary N) is 2. The quantitative estimate of drug-likeness (QED) is 0.530. The number of benzene rings is 1. The lowest BCUT2D eigenvalue weighted by atomic mass is 9.66. The number of fused-ring (bicyclic) bond motifs is 1. The van der Waals surface area contributed by atoms with E-state index in [9.17, 15) is 19.5 Å². The molecular formula is C24H33N3O5. The fourth-order valence-electron chi connectivity index (χ4n) is 5.87. The largest absolute Gasteiger partial charge is 0.396 e. The summed E-state index contributed by atoms with van der Waals surface area (Å²) in [5.41, 5.74) is -1.15. The molecule has 8 nitrogen and oxygen atoms in total. The van der Waals surface area contributed by atoms with Crippen molar-refractivity contribution in [3.63, 3.8) is 0 Å². The monoisotopic (exact) mass is 443 g/mol. The molecule has 2 bridgehead atoms. The lowest BCUT2D eigenvalue weighted by molar-refractivity contribution is -0.145. The van der Waals surface area contributed by atoms with Crippen LogP contribution >= 0.6 is 0 Å². The van der Waals surface area contributed by atoms with Crippen LogP contribution in [0, 0.1) is 11.8 Å². The van der Waals surface area contributed by atoms with Crippen LogP contribution in [0.25, 0.3) is 0 Å². The minimum Gasteiger partial charge on any atom is -0.396 e. The molecule has 0 aromatic heterocycles. The zero-order valence-corrected chi connectivity index (χ0v) is 19.0. The maximum absolute atomic E-state index is 13.7. The molecule has 3 fully saturated rings. The van der Waals surface area contributed by atoms with Crippen molar-refractivity contribution >= 4 is 23.4 Å². The van der Waals surface area contributed by atoms with Gasteiger partial charge in [0.15, 0.2) is 0 Å². The van der Waals surface area contributed by atoms with Crippen molar-refractivity contribution in [1.82, 2.24) is 10.2 Å². The molecule has 32 heavy (non-hydrogen) atoms. The van der Waals surface area contributed by atoms with Crippen LogP contribution in [0.5, 0.6) is 0 Å². The van der Waals surface area contributed by atoms with Gasteiger partial charge in [0.25, 0.3) is 0 Å². The van der Waals surface area contributed by atoms with Crippen molar-refractivity contribution in [2.24, 2.45) is 11.8 Å². The number of nitrogens with zero attached hydrogens (tertiary/aromatic N) is 1. The fraction of sp³-hybridized carbons (Fsp3) is 0.625. The van der Waals surface area contributed by atoms with E-state index in [-0.39, 0.29) is 30.4 Å².